The maximum absolute atomic E-state index is 11.5. The van der Waals surface area contributed by atoms with E-state index in [2.05, 4.69) is 33.2 Å². The van der Waals surface area contributed by atoms with Crippen LogP contribution in [0.25, 0.3) is 0 Å². The van der Waals surface area contributed by atoms with Crippen molar-refractivity contribution in [3.8, 4) is 0 Å². The minimum Gasteiger partial charge on any atom is -0.315 e. The quantitative estimate of drug-likeness (QED) is 0.797. The second kappa shape index (κ2) is 6.74. The van der Waals surface area contributed by atoms with E-state index in [1.165, 1.54) is 19.0 Å². The Morgan fingerprint density at radius 1 is 1.53 bits per heavy atom. The van der Waals surface area contributed by atoms with E-state index in [0.717, 1.165) is 13.1 Å². The molecule has 84 valence electrons. The van der Waals surface area contributed by atoms with E-state index < -0.39 is 0 Å². The van der Waals surface area contributed by atoms with Crippen LogP contribution in [-0.4, -0.2) is 22.6 Å². The Balaban J connectivity index is 2.38. The van der Waals surface area contributed by atoms with Gasteiger partial charge in [0.1, 0.15) is 4.47 Å². The Hall–Kier alpha value is -0.680. The highest BCUT2D eigenvalue weighted by molar-refractivity contribution is 9.10. The predicted octanol–water partition coefficient (Wildman–Crippen LogP) is 1.40. The average molecular weight is 274 g/mol. The Labute approximate surface area is 97.8 Å². The number of rotatable bonds is 6. The van der Waals surface area contributed by atoms with Crippen molar-refractivity contribution in [2.24, 2.45) is 0 Å². The first-order valence-corrected chi connectivity index (χ1v) is 5.95. The van der Waals surface area contributed by atoms with E-state index in [0.29, 0.717) is 11.0 Å². The van der Waals surface area contributed by atoms with Crippen LogP contribution in [0.15, 0.2) is 21.8 Å². The van der Waals surface area contributed by atoms with Crippen LogP contribution < -0.4 is 10.9 Å². The van der Waals surface area contributed by atoms with Crippen molar-refractivity contribution in [3.05, 3.63) is 27.4 Å². The van der Waals surface area contributed by atoms with Crippen LogP contribution >= 0.6 is 15.9 Å². The Bertz CT molecular complexity index is 351. The van der Waals surface area contributed by atoms with Crippen molar-refractivity contribution >= 4 is 15.9 Å². The second-order valence-electron chi connectivity index (χ2n) is 3.34. The lowest BCUT2D eigenvalue weighted by Crippen LogP contribution is -2.27. The maximum atomic E-state index is 11.5. The monoisotopic (exact) mass is 273 g/mol. The molecule has 0 atom stereocenters. The Morgan fingerprint density at radius 2 is 2.33 bits per heavy atom. The van der Waals surface area contributed by atoms with Gasteiger partial charge in [0, 0.05) is 19.3 Å². The molecule has 1 aromatic rings. The van der Waals surface area contributed by atoms with E-state index in [1.807, 2.05) is 0 Å². The summed E-state index contributed by atoms with van der Waals surface area (Å²) < 4.78 is 2.11. The Kier molecular flexibility index (Phi) is 5.57. The van der Waals surface area contributed by atoms with Crippen molar-refractivity contribution in [1.29, 1.82) is 0 Å². The van der Waals surface area contributed by atoms with Crippen LogP contribution in [-0.2, 0) is 6.54 Å². The zero-order chi connectivity index (χ0) is 11.1. The molecule has 0 radical (unpaired) electrons. The summed E-state index contributed by atoms with van der Waals surface area (Å²) in [5.74, 6) is 0. The van der Waals surface area contributed by atoms with Gasteiger partial charge in [-0.2, -0.15) is 0 Å². The zero-order valence-electron chi connectivity index (χ0n) is 8.87. The highest BCUT2D eigenvalue weighted by Crippen LogP contribution is 1.97. The van der Waals surface area contributed by atoms with Crippen LogP contribution in [0.2, 0.25) is 0 Å². The molecular formula is C10H16BrN3O. The number of aromatic nitrogens is 2. The first-order valence-electron chi connectivity index (χ1n) is 5.16. The molecule has 0 saturated heterocycles. The lowest BCUT2D eigenvalue weighted by atomic mass is 10.3. The largest absolute Gasteiger partial charge is 0.315 e. The summed E-state index contributed by atoms with van der Waals surface area (Å²) in [7, 11) is 0. The molecule has 1 N–H and O–H groups in total. The van der Waals surface area contributed by atoms with E-state index in [9.17, 15) is 4.79 Å². The highest BCUT2D eigenvalue weighted by Gasteiger charge is 1.99. The molecule has 0 unspecified atom stereocenters. The lowest BCUT2D eigenvalue weighted by molar-refractivity contribution is 0.563. The van der Waals surface area contributed by atoms with Gasteiger partial charge >= 0.3 is 0 Å². The summed E-state index contributed by atoms with van der Waals surface area (Å²) in [5, 5.41) is 3.28. The van der Waals surface area contributed by atoms with Gasteiger partial charge in [0.15, 0.2) is 0 Å². The fraction of sp³-hybridized carbons (Fsp3) is 0.600. The fourth-order valence-electron chi connectivity index (χ4n) is 1.21. The average Bonchev–Trinajstić information content (AvgIpc) is 2.24. The molecule has 0 saturated carbocycles. The predicted molar refractivity (Wildman–Crippen MR) is 64.0 cm³/mol. The standard InChI is InChI=1S/C10H16BrN3O/c1-2-3-4-12-5-6-14-8-13-7-9(11)10(14)15/h7-8,12H,2-6H2,1H3. The third kappa shape index (κ3) is 4.13. The first kappa shape index (κ1) is 12.4. The van der Waals surface area contributed by atoms with Crippen molar-refractivity contribution in [1.82, 2.24) is 14.9 Å². The first-order chi connectivity index (χ1) is 7.25. The van der Waals surface area contributed by atoms with Gasteiger partial charge in [0.25, 0.3) is 5.56 Å². The molecule has 0 aromatic carbocycles. The molecule has 4 nitrogen and oxygen atoms in total. The normalized spacial score (nSPS) is 10.5. The Morgan fingerprint density at radius 3 is 3.07 bits per heavy atom. The molecule has 0 aliphatic carbocycles. The summed E-state index contributed by atoms with van der Waals surface area (Å²) >= 11 is 3.16. The van der Waals surface area contributed by atoms with Crippen LogP contribution in [0.3, 0.4) is 0 Å². The molecular weight excluding hydrogens is 258 g/mol. The number of hydrogen-bond acceptors (Lipinski definition) is 3. The van der Waals surface area contributed by atoms with Crippen LogP contribution in [0.5, 0.6) is 0 Å². The number of hydrogen-bond donors (Lipinski definition) is 1. The molecule has 5 heteroatoms. The molecule has 15 heavy (non-hydrogen) atoms. The van der Waals surface area contributed by atoms with Gasteiger partial charge in [0.05, 0.1) is 6.33 Å². The van der Waals surface area contributed by atoms with Gasteiger partial charge < -0.3 is 5.32 Å². The molecule has 1 aromatic heterocycles. The van der Waals surface area contributed by atoms with E-state index in [-0.39, 0.29) is 5.56 Å². The number of nitrogens with one attached hydrogen (secondary N) is 1. The van der Waals surface area contributed by atoms with Crippen LogP contribution in [0.1, 0.15) is 19.8 Å². The fourth-order valence-corrected chi connectivity index (χ4v) is 1.56. The minimum absolute atomic E-state index is 0.0257. The maximum Gasteiger partial charge on any atom is 0.267 e. The van der Waals surface area contributed by atoms with Crippen molar-refractivity contribution in [3.63, 3.8) is 0 Å². The zero-order valence-corrected chi connectivity index (χ0v) is 10.5. The molecule has 0 fully saturated rings. The van der Waals surface area contributed by atoms with E-state index in [4.69, 9.17) is 0 Å². The molecule has 1 rings (SSSR count). The SMILES string of the molecule is CCCCNCCn1cncc(Br)c1=O. The number of halogens is 1. The van der Waals surface area contributed by atoms with Gasteiger partial charge in [0.2, 0.25) is 0 Å². The van der Waals surface area contributed by atoms with Gasteiger partial charge in [-0.15, -0.1) is 0 Å². The molecule has 0 amide bonds. The van der Waals surface area contributed by atoms with E-state index in [1.54, 1.807) is 10.9 Å². The third-order valence-electron chi connectivity index (χ3n) is 2.10. The smallest absolute Gasteiger partial charge is 0.267 e. The van der Waals surface area contributed by atoms with Crippen LogP contribution in [0.4, 0.5) is 0 Å². The highest BCUT2D eigenvalue weighted by atomic mass is 79.9. The summed E-state index contributed by atoms with van der Waals surface area (Å²) in [6.07, 6.45) is 5.44. The molecule has 0 spiro atoms. The summed E-state index contributed by atoms with van der Waals surface area (Å²) in [4.78, 5) is 15.5. The lowest BCUT2D eigenvalue weighted by Gasteiger charge is -2.06. The van der Waals surface area contributed by atoms with Crippen molar-refractivity contribution < 1.29 is 0 Å². The topological polar surface area (TPSA) is 46.9 Å². The van der Waals surface area contributed by atoms with Crippen molar-refractivity contribution in [2.75, 3.05) is 13.1 Å². The molecule has 0 aliphatic heterocycles. The van der Waals surface area contributed by atoms with Gasteiger partial charge in [-0.3, -0.25) is 9.36 Å². The molecule has 1 heterocycles. The second-order valence-corrected chi connectivity index (χ2v) is 4.20. The summed E-state index contributed by atoms with van der Waals surface area (Å²) in [6.45, 7) is 4.63. The summed E-state index contributed by atoms with van der Waals surface area (Å²) in [5.41, 5.74) is -0.0257. The van der Waals surface area contributed by atoms with Gasteiger partial charge in [-0.1, -0.05) is 13.3 Å². The number of nitrogens with zero attached hydrogens (tertiary/aromatic N) is 2. The van der Waals surface area contributed by atoms with E-state index >= 15 is 0 Å². The van der Waals surface area contributed by atoms with Gasteiger partial charge in [-0.05, 0) is 28.9 Å². The van der Waals surface area contributed by atoms with Gasteiger partial charge in [-0.25, -0.2) is 4.98 Å². The van der Waals surface area contributed by atoms with Crippen LogP contribution in [0, 0.1) is 0 Å². The molecule has 0 aliphatic rings. The van der Waals surface area contributed by atoms with Crippen molar-refractivity contribution in [2.45, 2.75) is 26.3 Å². The minimum atomic E-state index is -0.0257. The molecule has 0 bridgehead atoms. The number of unbranched alkanes of at least 4 members (excludes halogenated alkanes) is 1. The summed E-state index contributed by atoms with van der Waals surface area (Å²) in [6, 6.07) is 0. The third-order valence-corrected chi connectivity index (χ3v) is 2.64.